The van der Waals surface area contributed by atoms with Crippen LogP contribution in [0.5, 0.6) is 0 Å². The molecule has 92 valence electrons. The molecule has 10 heteroatoms. The highest BCUT2D eigenvalue weighted by atomic mass is 35.5. The largest absolute Gasteiger partial charge is 0.385 e. The van der Waals surface area contributed by atoms with Crippen LogP contribution in [0.1, 0.15) is 17.9 Å². The molecule has 0 radical (unpaired) electrons. The predicted octanol–water partition coefficient (Wildman–Crippen LogP) is 1.09. The summed E-state index contributed by atoms with van der Waals surface area (Å²) in [6.07, 6.45) is -2.35. The van der Waals surface area contributed by atoms with Crippen molar-refractivity contribution in [3.05, 3.63) is 14.5 Å². The molecule has 1 rings (SSSR count). The van der Waals surface area contributed by atoms with Gasteiger partial charge in [0.1, 0.15) is 17.4 Å². The van der Waals surface area contributed by atoms with Gasteiger partial charge >= 0.3 is 10.3 Å². The van der Waals surface area contributed by atoms with Crippen LogP contribution in [0, 0.1) is 0 Å². The first-order valence-corrected chi connectivity index (χ1v) is 6.96. The van der Waals surface area contributed by atoms with Crippen LogP contribution in [0.3, 0.4) is 0 Å². The lowest BCUT2D eigenvalue weighted by Gasteiger charge is -2.16. The lowest BCUT2D eigenvalue weighted by atomic mass is 10.2. The Morgan fingerprint density at radius 3 is 2.50 bits per heavy atom. The second-order valence-corrected chi connectivity index (χ2v) is 6.01. The third-order valence-corrected chi connectivity index (χ3v) is 3.79. The van der Waals surface area contributed by atoms with E-state index in [9.17, 15) is 13.5 Å². The molecule has 0 saturated carbocycles. The van der Waals surface area contributed by atoms with Gasteiger partial charge in [-0.2, -0.15) is 8.42 Å². The zero-order chi connectivity index (χ0) is 12.5. The quantitative estimate of drug-likeness (QED) is 0.867. The van der Waals surface area contributed by atoms with Crippen LogP contribution in [0.15, 0.2) is 0 Å². The van der Waals surface area contributed by atoms with Gasteiger partial charge in [-0.25, -0.2) is 10.1 Å². The Bertz CT molecular complexity index is 475. The van der Waals surface area contributed by atoms with Crippen molar-refractivity contribution >= 4 is 44.8 Å². The number of hydrogen-bond acceptors (Lipinski definition) is 6. The monoisotopic (exact) mass is 306 g/mol. The summed E-state index contributed by atoms with van der Waals surface area (Å²) in [5.41, 5.74) is 0. The zero-order valence-corrected chi connectivity index (χ0v) is 11.1. The summed E-state index contributed by atoms with van der Waals surface area (Å²) in [5.74, 6) is 0. The number of nitrogens with two attached hydrogens (primary N) is 1. The van der Waals surface area contributed by atoms with Gasteiger partial charge in [0, 0.05) is 0 Å². The number of aliphatic hydroxyl groups excluding tert-OH is 1. The fourth-order valence-corrected chi connectivity index (χ4v) is 2.98. The van der Waals surface area contributed by atoms with E-state index in [1.165, 1.54) is 6.92 Å². The molecule has 3 N–H and O–H groups in total. The Kier molecular flexibility index (Phi) is 4.52. The van der Waals surface area contributed by atoms with Crippen molar-refractivity contribution in [3.63, 3.8) is 0 Å². The number of rotatable bonds is 4. The van der Waals surface area contributed by atoms with Crippen molar-refractivity contribution in [1.82, 2.24) is 4.98 Å². The van der Waals surface area contributed by atoms with Crippen LogP contribution in [0.2, 0.25) is 9.62 Å². The van der Waals surface area contributed by atoms with Gasteiger partial charge in [-0.05, 0) is 6.92 Å². The Morgan fingerprint density at radius 2 is 2.12 bits per heavy atom. The van der Waals surface area contributed by atoms with Gasteiger partial charge in [0.05, 0.1) is 4.88 Å². The van der Waals surface area contributed by atoms with Gasteiger partial charge in [-0.15, -0.1) is 11.3 Å². The van der Waals surface area contributed by atoms with Crippen LogP contribution >= 0.6 is 34.5 Å². The van der Waals surface area contributed by atoms with E-state index in [0.29, 0.717) is 0 Å². The molecule has 1 aromatic rings. The molecule has 6 nitrogen and oxygen atoms in total. The third-order valence-electron chi connectivity index (χ3n) is 1.58. The van der Waals surface area contributed by atoms with E-state index in [1.807, 2.05) is 0 Å². The molecule has 0 bridgehead atoms. The van der Waals surface area contributed by atoms with Crippen molar-refractivity contribution < 1.29 is 17.7 Å². The van der Waals surface area contributed by atoms with Crippen LogP contribution in [0.25, 0.3) is 0 Å². The van der Waals surface area contributed by atoms with Gasteiger partial charge in [0.2, 0.25) is 0 Å². The van der Waals surface area contributed by atoms with Crippen LogP contribution in [-0.4, -0.2) is 24.6 Å². The molecule has 0 aliphatic rings. The zero-order valence-electron chi connectivity index (χ0n) is 7.92. The first-order chi connectivity index (χ1) is 7.20. The van der Waals surface area contributed by atoms with E-state index in [1.54, 1.807) is 0 Å². The minimum atomic E-state index is -4.13. The van der Waals surface area contributed by atoms with E-state index >= 15 is 0 Å². The van der Waals surface area contributed by atoms with Gasteiger partial charge in [-0.3, -0.25) is 4.18 Å². The summed E-state index contributed by atoms with van der Waals surface area (Å²) < 4.78 is 25.8. The first-order valence-electron chi connectivity index (χ1n) is 3.91. The summed E-state index contributed by atoms with van der Waals surface area (Å²) in [6, 6.07) is 0. The molecule has 0 aliphatic heterocycles. The lowest BCUT2D eigenvalue weighted by Crippen LogP contribution is -2.26. The summed E-state index contributed by atoms with van der Waals surface area (Å²) >= 11 is 12.2. The number of hydrogen-bond donors (Lipinski definition) is 2. The smallest absolute Gasteiger partial charge is 0.333 e. The molecule has 0 aliphatic carbocycles. The van der Waals surface area contributed by atoms with E-state index in [2.05, 4.69) is 14.3 Å². The fraction of sp³-hybridized carbons (Fsp3) is 0.500. The Morgan fingerprint density at radius 1 is 1.56 bits per heavy atom. The molecular formula is C6H8Cl2N2O4S2. The summed E-state index contributed by atoms with van der Waals surface area (Å²) in [6.45, 7) is 1.33. The van der Waals surface area contributed by atoms with Crippen molar-refractivity contribution in [2.45, 2.75) is 19.1 Å². The summed E-state index contributed by atoms with van der Waals surface area (Å²) in [5, 5.41) is 14.4. The van der Waals surface area contributed by atoms with Crippen molar-refractivity contribution in [1.29, 1.82) is 0 Å². The average molecular weight is 307 g/mol. The standard InChI is InChI=1S/C6H8Cl2N2O4S2/c1-2(14-16(9,12)13)3(11)4-5(7)10-6(8)15-4/h2-3,11H,1H3,(H2,9,12,13)/t2-,3+/m0/s1. The molecule has 0 saturated heterocycles. The van der Waals surface area contributed by atoms with Gasteiger partial charge in [-0.1, -0.05) is 23.2 Å². The highest BCUT2D eigenvalue weighted by Crippen LogP contribution is 2.34. The summed E-state index contributed by atoms with van der Waals surface area (Å²) in [7, 11) is -4.13. The number of thiazole rings is 1. The van der Waals surface area contributed by atoms with E-state index < -0.39 is 22.5 Å². The highest BCUT2D eigenvalue weighted by molar-refractivity contribution is 7.84. The van der Waals surface area contributed by atoms with E-state index in [0.717, 1.165) is 11.3 Å². The number of aromatic nitrogens is 1. The van der Waals surface area contributed by atoms with Gasteiger partial charge < -0.3 is 5.11 Å². The predicted molar refractivity (Wildman–Crippen MR) is 60.7 cm³/mol. The average Bonchev–Trinajstić information content (AvgIpc) is 2.41. The van der Waals surface area contributed by atoms with Crippen molar-refractivity contribution in [2.75, 3.05) is 0 Å². The fourth-order valence-electron chi connectivity index (χ4n) is 0.948. The topological polar surface area (TPSA) is 103 Å². The number of halogens is 2. The van der Waals surface area contributed by atoms with E-state index in [4.69, 9.17) is 23.2 Å². The maximum atomic E-state index is 10.6. The van der Waals surface area contributed by atoms with Crippen LogP contribution in [-0.2, 0) is 14.5 Å². The first kappa shape index (κ1) is 14.1. The van der Waals surface area contributed by atoms with Crippen LogP contribution in [0.4, 0.5) is 0 Å². The van der Waals surface area contributed by atoms with Crippen molar-refractivity contribution in [3.8, 4) is 0 Å². The maximum absolute atomic E-state index is 10.6. The Balaban J connectivity index is 2.86. The minimum absolute atomic E-state index is 0.00682. The second kappa shape index (κ2) is 5.13. The maximum Gasteiger partial charge on any atom is 0.333 e. The molecule has 0 spiro atoms. The Labute approximate surface area is 106 Å². The lowest BCUT2D eigenvalue weighted by molar-refractivity contribution is 0.0532. The molecule has 0 unspecified atom stereocenters. The molecule has 16 heavy (non-hydrogen) atoms. The molecule has 0 aromatic carbocycles. The minimum Gasteiger partial charge on any atom is -0.385 e. The third kappa shape index (κ3) is 3.81. The molecular weight excluding hydrogens is 299 g/mol. The molecule has 0 fully saturated rings. The molecule has 2 atom stereocenters. The highest BCUT2D eigenvalue weighted by Gasteiger charge is 2.26. The van der Waals surface area contributed by atoms with Crippen molar-refractivity contribution in [2.24, 2.45) is 5.14 Å². The molecule has 1 heterocycles. The SMILES string of the molecule is C[C@H](OS(N)(=O)=O)[C@@H](O)c1sc(Cl)nc1Cl. The second-order valence-electron chi connectivity index (χ2n) is 2.86. The van der Waals surface area contributed by atoms with Gasteiger partial charge in [0.25, 0.3) is 0 Å². The number of aliphatic hydroxyl groups is 1. The van der Waals surface area contributed by atoms with E-state index in [-0.39, 0.29) is 14.5 Å². The normalized spacial score (nSPS) is 16.1. The summed E-state index contributed by atoms with van der Waals surface area (Å²) in [4.78, 5) is 3.89. The van der Waals surface area contributed by atoms with Crippen LogP contribution < -0.4 is 5.14 Å². The molecule has 1 aromatic heterocycles. The van der Waals surface area contributed by atoms with Gasteiger partial charge in [0.15, 0.2) is 4.47 Å². The Hall–Kier alpha value is 0.0400. The number of nitrogens with zero attached hydrogens (tertiary/aromatic N) is 1. The molecule has 0 amide bonds.